The Kier molecular flexibility index (Phi) is 6.47. The maximum atomic E-state index is 12.9. The summed E-state index contributed by atoms with van der Waals surface area (Å²) in [5.74, 6) is -2.30. The van der Waals surface area contributed by atoms with E-state index in [2.05, 4.69) is 6.58 Å². The lowest BCUT2D eigenvalue weighted by atomic mass is 10.0. The monoisotopic (exact) mass is 404 g/mol. The third-order valence-electron chi connectivity index (χ3n) is 3.10. The van der Waals surface area contributed by atoms with Crippen molar-refractivity contribution in [1.29, 1.82) is 0 Å². The molecule has 1 amide bonds. The van der Waals surface area contributed by atoms with Gasteiger partial charge in [0.1, 0.15) is 5.75 Å². The molecule has 0 unspecified atom stereocenters. The highest BCUT2D eigenvalue weighted by Gasteiger charge is 2.43. The number of amides is 1. The second kappa shape index (κ2) is 7.66. The maximum Gasteiger partial charge on any atom is 0.417 e. The predicted molar refractivity (Wildman–Crippen MR) is 80.0 cm³/mol. The van der Waals surface area contributed by atoms with E-state index in [0.717, 1.165) is 12.1 Å². The zero-order valence-electron chi connectivity index (χ0n) is 13.1. The number of carbonyl (C=O) groups is 1. The van der Waals surface area contributed by atoms with Gasteiger partial charge in [-0.25, -0.2) is 8.42 Å². The molecule has 0 spiro atoms. The summed E-state index contributed by atoms with van der Waals surface area (Å²) in [5.41, 5.74) is 0.642. The van der Waals surface area contributed by atoms with Gasteiger partial charge >= 0.3 is 12.4 Å². The fourth-order valence-corrected chi connectivity index (χ4v) is 3.29. The Bertz CT molecular complexity index is 787. The summed E-state index contributed by atoms with van der Waals surface area (Å²) in [4.78, 5) is 10.8. The lowest BCUT2D eigenvalue weighted by Crippen LogP contribution is -2.37. The van der Waals surface area contributed by atoms with E-state index in [1.165, 1.54) is 0 Å². The molecule has 0 aromatic heterocycles. The zero-order chi connectivity index (χ0) is 20.3. The highest BCUT2D eigenvalue weighted by Crippen LogP contribution is 2.40. The van der Waals surface area contributed by atoms with Crippen LogP contribution in [-0.4, -0.2) is 30.9 Å². The summed E-state index contributed by atoms with van der Waals surface area (Å²) >= 11 is 0. The van der Waals surface area contributed by atoms with Crippen molar-refractivity contribution in [3.05, 3.63) is 47.5 Å². The average molecular weight is 404 g/mol. The van der Waals surface area contributed by atoms with Gasteiger partial charge in [0, 0.05) is 13.1 Å². The molecule has 0 radical (unpaired) electrons. The van der Waals surface area contributed by atoms with Crippen LogP contribution >= 0.6 is 0 Å². The van der Waals surface area contributed by atoms with Crippen molar-refractivity contribution in [2.45, 2.75) is 18.9 Å². The molecule has 0 saturated heterocycles. The number of alkyl halides is 6. The molecule has 12 heteroatoms. The van der Waals surface area contributed by atoms with Gasteiger partial charge in [0.2, 0.25) is 15.9 Å². The summed E-state index contributed by atoms with van der Waals surface area (Å²) in [5, 5.41) is 0. The Morgan fingerprint density at radius 1 is 1.12 bits per heavy atom. The number of hydrogen-bond donors (Lipinski definition) is 1. The molecule has 0 fully saturated rings. The van der Waals surface area contributed by atoms with E-state index >= 15 is 0 Å². The standard InChI is InChI=1S/C14H14F6N2O3S/c1-2-5-22(26(24,25)8-12(21)23)7-9-3-4-10(13(15,16)17)11(6-9)14(18,19)20/h2-4,6H,1,5,7-8H2,(H2,21,23). The third-order valence-corrected chi connectivity index (χ3v) is 4.82. The quantitative estimate of drug-likeness (QED) is 0.560. The van der Waals surface area contributed by atoms with Gasteiger partial charge in [0.05, 0.1) is 11.1 Å². The van der Waals surface area contributed by atoms with Crippen molar-refractivity contribution in [3.63, 3.8) is 0 Å². The van der Waals surface area contributed by atoms with Crippen LogP contribution in [0.5, 0.6) is 0 Å². The number of sulfonamides is 1. The van der Waals surface area contributed by atoms with Crippen LogP contribution in [0.2, 0.25) is 0 Å². The van der Waals surface area contributed by atoms with Crippen LogP contribution in [-0.2, 0) is 33.7 Å². The first-order valence-electron chi connectivity index (χ1n) is 6.83. The zero-order valence-corrected chi connectivity index (χ0v) is 13.9. The smallest absolute Gasteiger partial charge is 0.369 e. The van der Waals surface area contributed by atoms with Crippen LogP contribution in [0.15, 0.2) is 30.9 Å². The number of benzene rings is 1. The molecule has 1 aromatic rings. The van der Waals surface area contributed by atoms with Crippen molar-refractivity contribution in [2.24, 2.45) is 5.73 Å². The van der Waals surface area contributed by atoms with E-state index in [-0.39, 0.29) is 24.2 Å². The fourth-order valence-electron chi connectivity index (χ4n) is 2.07. The fraction of sp³-hybridized carbons (Fsp3) is 0.357. The average Bonchev–Trinajstić information content (AvgIpc) is 2.43. The molecule has 0 atom stereocenters. The molecule has 26 heavy (non-hydrogen) atoms. The van der Waals surface area contributed by atoms with Crippen LogP contribution in [0.1, 0.15) is 16.7 Å². The van der Waals surface area contributed by atoms with Crippen molar-refractivity contribution < 1.29 is 39.6 Å². The second-order valence-electron chi connectivity index (χ2n) is 5.18. The Labute approximate surface area is 145 Å². The van der Waals surface area contributed by atoms with Crippen LogP contribution in [0.3, 0.4) is 0 Å². The van der Waals surface area contributed by atoms with Crippen molar-refractivity contribution in [3.8, 4) is 0 Å². The van der Waals surface area contributed by atoms with Crippen LogP contribution in [0.25, 0.3) is 0 Å². The van der Waals surface area contributed by atoms with Gasteiger partial charge in [-0.1, -0.05) is 12.1 Å². The van der Waals surface area contributed by atoms with Crippen molar-refractivity contribution in [2.75, 3.05) is 12.3 Å². The minimum atomic E-state index is -5.30. The van der Waals surface area contributed by atoms with E-state index in [1.54, 1.807) is 0 Å². The molecule has 5 nitrogen and oxygen atoms in total. The minimum Gasteiger partial charge on any atom is -0.369 e. The van der Waals surface area contributed by atoms with Gasteiger partial charge < -0.3 is 5.73 Å². The van der Waals surface area contributed by atoms with E-state index in [4.69, 9.17) is 5.73 Å². The van der Waals surface area contributed by atoms with Gasteiger partial charge in [-0.05, 0) is 17.7 Å². The number of nitrogens with two attached hydrogens (primary N) is 1. The number of nitrogens with zero attached hydrogens (tertiary/aromatic N) is 1. The van der Waals surface area contributed by atoms with Gasteiger partial charge in [-0.15, -0.1) is 6.58 Å². The number of carbonyl (C=O) groups excluding carboxylic acids is 1. The van der Waals surface area contributed by atoms with E-state index in [1.807, 2.05) is 0 Å². The van der Waals surface area contributed by atoms with Crippen molar-refractivity contribution >= 4 is 15.9 Å². The summed E-state index contributed by atoms with van der Waals surface area (Å²) in [6.45, 7) is 2.22. The van der Waals surface area contributed by atoms with Gasteiger partial charge in [0.25, 0.3) is 0 Å². The van der Waals surface area contributed by atoms with Gasteiger partial charge in [-0.3, -0.25) is 4.79 Å². The Hall–Kier alpha value is -2.08. The first kappa shape index (κ1) is 22.0. The summed E-state index contributed by atoms with van der Waals surface area (Å²) in [7, 11) is -4.28. The first-order chi connectivity index (χ1) is 11.7. The highest BCUT2D eigenvalue weighted by molar-refractivity contribution is 7.89. The molecule has 1 aromatic carbocycles. The largest absolute Gasteiger partial charge is 0.417 e. The third kappa shape index (κ3) is 5.73. The van der Waals surface area contributed by atoms with Crippen LogP contribution < -0.4 is 5.73 Å². The summed E-state index contributed by atoms with van der Waals surface area (Å²) in [6.07, 6.45) is -9.42. The molecule has 0 aliphatic rings. The molecular weight excluding hydrogens is 390 g/mol. The number of hydrogen-bond acceptors (Lipinski definition) is 3. The summed E-state index contributed by atoms with van der Waals surface area (Å²) in [6, 6.07) is 1.18. The summed E-state index contributed by atoms with van der Waals surface area (Å²) < 4.78 is 102. The first-order valence-corrected chi connectivity index (χ1v) is 8.43. The normalized spacial score (nSPS) is 13.0. The Balaban J connectivity index is 3.34. The molecular formula is C14H14F6N2O3S. The van der Waals surface area contributed by atoms with Gasteiger partial charge in [-0.2, -0.15) is 30.6 Å². The SMILES string of the molecule is C=CCN(Cc1ccc(C(F)(F)F)c(C(F)(F)F)c1)S(=O)(=O)CC(N)=O. The van der Waals surface area contributed by atoms with Crippen molar-refractivity contribution in [1.82, 2.24) is 4.31 Å². The molecule has 0 aliphatic heterocycles. The predicted octanol–water partition coefficient (Wildman–Crippen LogP) is 2.53. The molecule has 1 rings (SSSR count). The molecule has 0 aliphatic carbocycles. The Morgan fingerprint density at radius 2 is 1.65 bits per heavy atom. The lowest BCUT2D eigenvalue weighted by Gasteiger charge is -2.22. The Morgan fingerprint density at radius 3 is 2.08 bits per heavy atom. The van der Waals surface area contributed by atoms with E-state index in [0.29, 0.717) is 4.31 Å². The van der Waals surface area contributed by atoms with E-state index in [9.17, 15) is 39.6 Å². The minimum absolute atomic E-state index is 0.221. The highest BCUT2D eigenvalue weighted by atomic mass is 32.2. The number of rotatable bonds is 7. The second-order valence-corrected chi connectivity index (χ2v) is 7.15. The maximum absolute atomic E-state index is 12.9. The topological polar surface area (TPSA) is 80.5 Å². The molecule has 0 heterocycles. The molecule has 0 bridgehead atoms. The molecule has 0 saturated carbocycles. The lowest BCUT2D eigenvalue weighted by molar-refractivity contribution is -0.162. The number of halogens is 6. The van der Waals surface area contributed by atoms with Gasteiger partial charge in [0.15, 0.2) is 0 Å². The van der Waals surface area contributed by atoms with Crippen LogP contribution in [0, 0.1) is 0 Å². The number of primary amides is 1. The van der Waals surface area contributed by atoms with Crippen LogP contribution in [0.4, 0.5) is 26.3 Å². The molecule has 2 N–H and O–H groups in total. The molecule has 146 valence electrons. The van der Waals surface area contributed by atoms with E-state index < -0.39 is 51.7 Å².